The molecule has 4 nitrogen and oxygen atoms in total. The van der Waals surface area contributed by atoms with Crippen molar-refractivity contribution >= 4 is 46.4 Å². The van der Waals surface area contributed by atoms with E-state index in [1.165, 1.54) is 0 Å². The van der Waals surface area contributed by atoms with E-state index < -0.39 is 0 Å². The van der Waals surface area contributed by atoms with Gasteiger partial charge in [0.15, 0.2) is 11.6 Å². The molecule has 0 aliphatic heterocycles. The highest BCUT2D eigenvalue weighted by Crippen LogP contribution is 2.36. The molecule has 0 radical (unpaired) electrons. The summed E-state index contributed by atoms with van der Waals surface area (Å²) >= 11 is 18.1. The van der Waals surface area contributed by atoms with Crippen molar-refractivity contribution in [2.45, 2.75) is 0 Å². The van der Waals surface area contributed by atoms with Gasteiger partial charge in [-0.2, -0.15) is 4.57 Å². The molecule has 1 aromatic heterocycles. The summed E-state index contributed by atoms with van der Waals surface area (Å²) in [5, 5.41) is 1.20. The first kappa shape index (κ1) is 13.2. The Balaban J connectivity index is 2.77. The summed E-state index contributed by atoms with van der Waals surface area (Å²) in [6, 6.07) is 3.25. The SMILES string of the molecule is C[n+]1cc(N)nc(N)c1-c1cc(Cl)cc(Cl)c1Cl. The maximum atomic E-state index is 6.16. The molecule has 0 aliphatic rings. The molecular weight excluding hydrogens is 295 g/mol. The van der Waals surface area contributed by atoms with Gasteiger partial charge in [0.25, 0.3) is 5.69 Å². The molecule has 0 spiro atoms. The standard InChI is InChI=1S/C11H10Cl3N4/c1-18-4-8(15)17-11(16)10(18)6-2-5(12)3-7(13)9(6)14/h2-4H,1H3,(H4,15,16,17)/q+1. The second-order valence-corrected chi connectivity index (χ2v) is 4.98. The van der Waals surface area contributed by atoms with Crippen LogP contribution in [0, 0.1) is 0 Å². The van der Waals surface area contributed by atoms with Crippen LogP contribution in [0.5, 0.6) is 0 Å². The molecule has 18 heavy (non-hydrogen) atoms. The van der Waals surface area contributed by atoms with Crippen LogP contribution in [0.2, 0.25) is 15.1 Å². The first-order valence-corrected chi connectivity index (χ1v) is 6.10. The minimum atomic E-state index is 0.262. The second-order valence-electron chi connectivity index (χ2n) is 3.76. The number of halogens is 3. The molecule has 1 aromatic carbocycles. The number of nitrogens with zero attached hydrogens (tertiary/aromatic N) is 2. The normalized spacial score (nSPS) is 10.7. The van der Waals surface area contributed by atoms with Gasteiger partial charge < -0.3 is 11.5 Å². The van der Waals surface area contributed by atoms with E-state index >= 15 is 0 Å². The van der Waals surface area contributed by atoms with E-state index in [0.29, 0.717) is 32.1 Å². The predicted molar refractivity (Wildman–Crippen MR) is 74.7 cm³/mol. The van der Waals surface area contributed by atoms with Crippen LogP contribution in [-0.4, -0.2) is 4.98 Å². The lowest BCUT2D eigenvalue weighted by atomic mass is 10.1. The molecule has 2 aromatic rings. The number of hydrogen-bond donors (Lipinski definition) is 2. The quantitative estimate of drug-likeness (QED) is 0.628. The lowest BCUT2D eigenvalue weighted by Gasteiger charge is -2.07. The Morgan fingerprint density at radius 1 is 1.17 bits per heavy atom. The third-order valence-corrected chi connectivity index (χ3v) is 3.44. The van der Waals surface area contributed by atoms with Crippen LogP contribution in [0.1, 0.15) is 0 Å². The molecule has 0 aliphatic carbocycles. The predicted octanol–water partition coefficient (Wildman–Crippen LogP) is 2.70. The van der Waals surface area contributed by atoms with E-state index in [9.17, 15) is 0 Å². The van der Waals surface area contributed by atoms with Gasteiger partial charge in [-0.1, -0.05) is 34.8 Å². The van der Waals surface area contributed by atoms with Crippen LogP contribution in [0.4, 0.5) is 11.6 Å². The number of nitrogen functional groups attached to an aromatic ring is 2. The Bertz CT molecular complexity index is 605. The monoisotopic (exact) mass is 303 g/mol. The van der Waals surface area contributed by atoms with Crippen LogP contribution in [0.25, 0.3) is 11.3 Å². The molecule has 0 atom stereocenters. The van der Waals surface area contributed by atoms with E-state index in [1.54, 1.807) is 29.9 Å². The number of aryl methyl sites for hydroxylation is 1. The molecule has 7 heteroatoms. The van der Waals surface area contributed by atoms with Gasteiger partial charge in [0, 0.05) is 5.02 Å². The third-order valence-electron chi connectivity index (χ3n) is 2.42. The van der Waals surface area contributed by atoms with Crippen molar-refractivity contribution in [2.24, 2.45) is 7.05 Å². The first-order valence-electron chi connectivity index (χ1n) is 4.96. The van der Waals surface area contributed by atoms with E-state index in [4.69, 9.17) is 46.3 Å². The van der Waals surface area contributed by atoms with Crippen molar-refractivity contribution in [3.8, 4) is 11.3 Å². The lowest BCUT2D eigenvalue weighted by molar-refractivity contribution is -0.659. The zero-order valence-electron chi connectivity index (χ0n) is 9.42. The molecule has 0 saturated heterocycles. The highest BCUT2D eigenvalue weighted by molar-refractivity contribution is 6.45. The lowest BCUT2D eigenvalue weighted by Crippen LogP contribution is -2.33. The number of anilines is 2. The topological polar surface area (TPSA) is 68.8 Å². The number of aromatic nitrogens is 2. The number of nitrogens with two attached hydrogens (primary N) is 2. The fraction of sp³-hybridized carbons (Fsp3) is 0.0909. The summed E-state index contributed by atoms with van der Waals surface area (Å²) < 4.78 is 1.73. The van der Waals surface area contributed by atoms with Crippen molar-refractivity contribution < 1.29 is 4.57 Å². The summed E-state index contributed by atoms with van der Waals surface area (Å²) in [4.78, 5) is 4.00. The number of hydrogen-bond acceptors (Lipinski definition) is 3. The number of benzene rings is 1. The van der Waals surface area contributed by atoms with E-state index in [-0.39, 0.29) is 5.82 Å². The summed E-state index contributed by atoms with van der Waals surface area (Å²) in [6.07, 6.45) is 1.64. The Labute approximate surface area is 119 Å². The van der Waals surface area contributed by atoms with Gasteiger partial charge in [-0.05, 0) is 12.1 Å². The third kappa shape index (κ3) is 2.32. The van der Waals surface area contributed by atoms with Crippen LogP contribution < -0.4 is 16.0 Å². The van der Waals surface area contributed by atoms with Gasteiger partial charge in [0.05, 0.1) is 15.6 Å². The first-order chi connectivity index (χ1) is 8.40. The minimum absolute atomic E-state index is 0.262. The van der Waals surface area contributed by atoms with Crippen molar-refractivity contribution in [2.75, 3.05) is 11.5 Å². The van der Waals surface area contributed by atoms with Gasteiger partial charge in [0.1, 0.15) is 7.05 Å². The Morgan fingerprint density at radius 3 is 2.44 bits per heavy atom. The van der Waals surface area contributed by atoms with Crippen LogP contribution in [0.3, 0.4) is 0 Å². The molecular formula is C11H10Cl3N4+. The highest BCUT2D eigenvalue weighted by atomic mass is 35.5. The van der Waals surface area contributed by atoms with Crippen molar-refractivity contribution in [1.29, 1.82) is 0 Å². The Morgan fingerprint density at radius 2 is 1.83 bits per heavy atom. The van der Waals surface area contributed by atoms with Gasteiger partial charge in [0.2, 0.25) is 6.20 Å². The second kappa shape index (κ2) is 4.80. The molecule has 0 unspecified atom stereocenters. The summed E-state index contributed by atoms with van der Waals surface area (Å²) in [6.45, 7) is 0. The van der Waals surface area contributed by atoms with E-state index in [0.717, 1.165) is 0 Å². The molecule has 0 amide bonds. The zero-order valence-corrected chi connectivity index (χ0v) is 11.7. The van der Waals surface area contributed by atoms with Gasteiger partial charge in [-0.25, -0.2) is 4.98 Å². The van der Waals surface area contributed by atoms with Crippen LogP contribution >= 0.6 is 34.8 Å². The molecule has 0 saturated carbocycles. The average molecular weight is 305 g/mol. The van der Waals surface area contributed by atoms with E-state index in [1.807, 2.05) is 0 Å². The largest absolute Gasteiger partial charge is 0.379 e. The Hall–Kier alpha value is -1.23. The molecule has 1 heterocycles. The zero-order chi connectivity index (χ0) is 13.4. The van der Waals surface area contributed by atoms with Crippen molar-refractivity contribution in [3.63, 3.8) is 0 Å². The summed E-state index contributed by atoms with van der Waals surface area (Å²) in [5.41, 5.74) is 12.7. The van der Waals surface area contributed by atoms with Crippen molar-refractivity contribution in [1.82, 2.24) is 4.98 Å². The molecule has 2 rings (SSSR count). The van der Waals surface area contributed by atoms with Crippen LogP contribution in [0.15, 0.2) is 18.3 Å². The molecule has 0 fully saturated rings. The smallest absolute Gasteiger partial charge is 0.256 e. The maximum Gasteiger partial charge on any atom is 0.256 e. The average Bonchev–Trinajstić information content (AvgIpc) is 2.23. The van der Waals surface area contributed by atoms with E-state index in [2.05, 4.69) is 4.98 Å². The van der Waals surface area contributed by atoms with Crippen LogP contribution in [-0.2, 0) is 7.05 Å². The molecule has 4 N–H and O–H groups in total. The fourth-order valence-corrected chi connectivity index (χ4v) is 2.41. The number of rotatable bonds is 1. The fourth-order valence-electron chi connectivity index (χ4n) is 1.72. The maximum absolute atomic E-state index is 6.16. The highest BCUT2D eigenvalue weighted by Gasteiger charge is 2.21. The molecule has 94 valence electrons. The summed E-state index contributed by atoms with van der Waals surface area (Å²) in [7, 11) is 1.79. The van der Waals surface area contributed by atoms with Crippen molar-refractivity contribution in [3.05, 3.63) is 33.4 Å². The van der Waals surface area contributed by atoms with Gasteiger partial charge in [-0.3, -0.25) is 0 Å². The molecule has 0 bridgehead atoms. The van der Waals surface area contributed by atoms with Gasteiger partial charge in [-0.15, -0.1) is 0 Å². The Kier molecular flexibility index (Phi) is 3.52. The minimum Gasteiger partial charge on any atom is -0.379 e. The van der Waals surface area contributed by atoms with Gasteiger partial charge >= 0.3 is 0 Å². The summed E-state index contributed by atoms with van der Waals surface area (Å²) in [5.74, 6) is 0.584.